The standard InChI is InChI=1S/C42H48N2O2/c1-39(2,3)24-13-16-32-28(19-24)37(45)31-22-27(42(10,11)12)23-35(36(31)43-32)44-33-17-14-25(40(4,5)6)20-29(33)38(46)30-21-26(41(7,8)9)15-18-34(30)44/h13-23H,1-12H3,(H,43,45). The van der Waals surface area contributed by atoms with E-state index in [-0.39, 0.29) is 32.5 Å². The van der Waals surface area contributed by atoms with Crippen molar-refractivity contribution < 1.29 is 0 Å². The van der Waals surface area contributed by atoms with E-state index in [1.807, 2.05) is 12.1 Å². The molecule has 0 atom stereocenters. The van der Waals surface area contributed by atoms with Crippen molar-refractivity contribution in [3.63, 3.8) is 0 Å². The third kappa shape index (κ3) is 5.26. The highest BCUT2D eigenvalue weighted by molar-refractivity contribution is 6.02. The fourth-order valence-electron chi connectivity index (χ4n) is 6.43. The van der Waals surface area contributed by atoms with Gasteiger partial charge in [0.15, 0.2) is 10.9 Å². The predicted octanol–water partition coefficient (Wildman–Crippen LogP) is 10.3. The van der Waals surface area contributed by atoms with Crippen molar-refractivity contribution in [1.82, 2.24) is 9.55 Å². The van der Waals surface area contributed by atoms with Gasteiger partial charge in [0.1, 0.15) is 0 Å². The molecule has 0 spiro atoms. The van der Waals surface area contributed by atoms with Crippen LogP contribution >= 0.6 is 0 Å². The Morgan fingerprint density at radius 1 is 0.457 bits per heavy atom. The average molecular weight is 613 g/mol. The monoisotopic (exact) mass is 612 g/mol. The SMILES string of the molecule is CC(C)(C)c1ccc2[nH]c3c(-n4c5ccc(C(C)(C)C)cc5c(=O)c5cc(C(C)(C)C)ccc54)cc(C(C)(C)C)cc3c(=O)c2c1. The Balaban J connectivity index is 1.85. The second-order valence-electron chi connectivity index (χ2n) is 17.3. The first kappa shape index (κ1) is 31.8. The second kappa shape index (κ2) is 10.2. The molecule has 0 radical (unpaired) electrons. The van der Waals surface area contributed by atoms with E-state index in [4.69, 9.17) is 0 Å². The number of hydrogen-bond acceptors (Lipinski definition) is 2. The fraction of sp³-hybridized carbons (Fsp3) is 0.381. The molecule has 4 aromatic carbocycles. The van der Waals surface area contributed by atoms with E-state index >= 15 is 0 Å². The molecule has 0 fully saturated rings. The van der Waals surface area contributed by atoms with E-state index < -0.39 is 0 Å². The Hall–Kier alpha value is -4.18. The summed E-state index contributed by atoms with van der Waals surface area (Å²) in [6, 6.07) is 23.0. The molecule has 2 aromatic heterocycles. The first-order chi connectivity index (χ1) is 21.2. The normalized spacial score (nSPS) is 13.4. The maximum absolute atomic E-state index is 14.4. The number of nitrogens with zero attached hydrogens (tertiary/aromatic N) is 1. The van der Waals surface area contributed by atoms with Crippen LogP contribution in [0.3, 0.4) is 0 Å². The Morgan fingerprint density at radius 2 is 0.848 bits per heavy atom. The zero-order valence-corrected chi connectivity index (χ0v) is 29.6. The van der Waals surface area contributed by atoms with Gasteiger partial charge in [-0.1, -0.05) is 101 Å². The molecular weight excluding hydrogens is 564 g/mol. The van der Waals surface area contributed by atoms with Gasteiger partial charge in [0.05, 0.1) is 22.2 Å². The summed E-state index contributed by atoms with van der Waals surface area (Å²) >= 11 is 0. The zero-order chi connectivity index (χ0) is 33.7. The minimum atomic E-state index is -0.221. The smallest absolute Gasteiger partial charge is 0.197 e. The molecule has 6 rings (SSSR count). The lowest BCUT2D eigenvalue weighted by Gasteiger charge is -2.26. The minimum Gasteiger partial charge on any atom is -0.353 e. The molecule has 0 amide bonds. The van der Waals surface area contributed by atoms with Gasteiger partial charge >= 0.3 is 0 Å². The number of rotatable bonds is 1. The van der Waals surface area contributed by atoms with E-state index in [9.17, 15) is 9.59 Å². The molecule has 1 N–H and O–H groups in total. The number of nitrogens with one attached hydrogen (secondary N) is 1. The van der Waals surface area contributed by atoms with Crippen LogP contribution in [0.5, 0.6) is 0 Å². The van der Waals surface area contributed by atoms with Gasteiger partial charge in [-0.15, -0.1) is 0 Å². The molecular formula is C42H48N2O2. The third-order valence-corrected chi connectivity index (χ3v) is 9.56. The highest BCUT2D eigenvalue weighted by atomic mass is 16.1. The van der Waals surface area contributed by atoms with Crippen molar-refractivity contribution in [3.8, 4) is 5.69 Å². The number of H-pyrrole nitrogens is 1. The van der Waals surface area contributed by atoms with Crippen LogP contribution in [-0.4, -0.2) is 9.55 Å². The van der Waals surface area contributed by atoms with Crippen LogP contribution in [0, 0.1) is 0 Å². The summed E-state index contributed by atoms with van der Waals surface area (Å²) in [5, 5.41) is 2.70. The van der Waals surface area contributed by atoms with Crippen LogP contribution in [0.1, 0.15) is 105 Å². The molecule has 2 heterocycles. The Morgan fingerprint density at radius 3 is 1.30 bits per heavy atom. The topological polar surface area (TPSA) is 54.9 Å². The van der Waals surface area contributed by atoms with Gasteiger partial charge in [-0.05, 0) is 92.4 Å². The Kier molecular flexibility index (Phi) is 7.02. The first-order valence-electron chi connectivity index (χ1n) is 16.4. The van der Waals surface area contributed by atoms with Gasteiger partial charge in [0.2, 0.25) is 0 Å². The van der Waals surface area contributed by atoms with Gasteiger partial charge in [-0.25, -0.2) is 0 Å². The number of hydrogen-bond donors (Lipinski definition) is 1. The van der Waals surface area contributed by atoms with Crippen molar-refractivity contribution in [1.29, 1.82) is 0 Å². The van der Waals surface area contributed by atoms with E-state index in [1.165, 1.54) is 0 Å². The number of benzene rings is 4. The Labute approximate surface area is 272 Å². The predicted molar refractivity (Wildman–Crippen MR) is 197 cm³/mol. The molecule has 0 saturated heterocycles. The van der Waals surface area contributed by atoms with E-state index in [2.05, 4.69) is 147 Å². The van der Waals surface area contributed by atoms with Crippen LogP contribution < -0.4 is 10.9 Å². The molecule has 0 aliphatic rings. The van der Waals surface area contributed by atoms with E-state index in [0.717, 1.165) is 50.0 Å². The lowest BCUT2D eigenvalue weighted by Crippen LogP contribution is -2.18. The zero-order valence-electron chi connectivity index (χ0n) is 29.6. The molecule has 0 unspecified atom stereocenters. The highest BCUT2D eigenvalue weighted by Crippen LogP contribution is 2.36. The molecule has 4 nitrogen and oxygen atoms in total. The molecule has 6 aromatic rings. The van der Waals surface area contributed by atoms with E-state index in [1.54, 1.807) is 0 Å². The summed E-state index contributed by atoms with van der Waals surface area (Å²) in [6.07, 6.45) is 0. The minimum absolute atomic E-state index is 0.0156. The largest absolute Gasteiger partial charge is 0.353 e. The molecule has 238 valence electrons. The number of aromatic nitrogens is 2. The summed E-state index contributed by atoms with van der Waals surface area (Å²) < 4.78 is 2.20. The molecule has 46 heavy (non-hydrogen) atoms. The summed E-state index contributed by atoms with van der Waals surface area (Å²) in [6.45, 7) is 26.1. The summed E-state index contributed by atoms with van der Waals surface area (Å²) in [7, 11) is 0. The lowest BCUT2D eigenvalue weighted by molar-refractivity contribution is 0.590. The van der Waals surface area contributed by atoms with Crippen molar-refractivity contribution in [2.45, 2.75) is 105 Å². The van der Waals surface area contributed by atoms with Crippen molar-refractivity contribution in [2.24, 2.45) is 0 Å². The highest BCUT2D eigenvalue weighted by Gasteiger charge is 2.25. The van der Waals surface area contributed by atoms with Crippen LogP contribution in [0.15, 0.2) is 76.3 Å². The van der Waals surface area contributed by atoms with Gasteiger partial charge < -0.3 is 9.55 Å². The Bertz CT molecular complexity index is 2250. The lowest BCUT2D eigenvalue weighted by atomic mass is 9.84. The van der Waals surface area contributed by atoms with Crippen LogP contribution in [0.4, 0.5) is 0 Å². The first-order valence-corrected chi connectivity index (χ1v) is 16.4. The van der Waals surface area contributed by atoms with Crippen molar-refractivity contribution in [3.05, 3.63) is 109 Å². The quantitative estimate of drug-likeness (QED) is 0.188. The maximum Gasteiger partial charge on any atom is 0.197 e. The maximum atomic E-state index is 14.4. The average Bonchev–Trinajstić information content (AvgIpc) is 2.95. The molecule has 0 bridgehead atoms. The van der Waals surface area contributed by atoms with Gasteiger partial charge in [-0.2, -0.15) is 0 Å². The molecule has 4 heteroatoms. The fourth-order valence-corrected chi connectivity index (χ4v) is 6.43. The van der Waals surface area contributed by atoms with Crippen molar-refractivity contribution in [2.75, 3.05) is 0 Å². The van der Waals surface area contributed by atoms with Crippen LogP contribution in [0.25, 0.3) is 49.3 Å². The molecule has 0 aliphatic heterocycles. The molecule has 0 aliphatic carbocycles. The summed E-state index contributed by atoms with van der Waals surface area (Å²) in [4.78, 5) is 32.5. The third-order valence-electron chi connectivity index (χ3n) is 9.56. The summed E-state index contributed by atoms with van der Waals surface area (Å²) in [5.41, 5.74) is 7.98. The van der Waals surface area contributed by atoms with Gasteiger partial charge in [0, 0.05) is 27.1 Å². The van der Waals surface area contributed by atoms with E-state index in [0.29, 0.717) is 21.5 Å². The summed E-state index contributed by atoms with van der Waals surface area (Å²) in [5.74, 6) is 0. The van der Waals surface area contributed by atoms with Crippen LogP contribution in [0.2, 0.25) is 0 Å². The molecule has 0 saturated carbocycles. The van der Waals surface area contributed by atoms with Crippen LogP contribution in [-0.2, 0) is 21.7 Å². The van der Waals surface area contributed by atoms with Crippen molar-refractivity contribution >= 4 is 43.6 Å². The second-order valence-corrected chi connectivity index (χ2v) is 17.3. The van der Waals surface area contributed by atoms with Gasteiger partial charge in [0.25, 0.3) is 0 Å². The van der Waals surface area contributed by atoms with Gasteiger partial charge in [-0.3, -0.25) is 9.59 Å². The number of aromatic amines is 1. The number of fused-ring (bicyclic) bond motifs is 4. The number of pyridine rings is 2.